The SMILES string of the molecule is CCCOc1cc(C)ccc1OC1C[C@H]2CC[C@@H](C1)N2c1ccc(C(F)(F)F)cn1. The largest absolute Gasteiger partial charge is 0.490 e. The smallest absolute Gasteiger partial charge is 0.417 e. The third-order valence-electron chi connectivity index (χ3n) is 5.88. The Morgan fingerprint density at radius 3 is 2.40 bits per heavy atom. The van der Waals surface area contributed by atoms with E-state index in [4.69, 9.17) is 9.47 Å². The summed E-state index contributed by atoms with van der Waals surface area (Å²) in [5.74, 6) is 2.16. The lowest BCUT2D eigenvalue weighted by atomic mass is 9.99. The molecule has 0 radical (unpaired) electrons. The second kappa shape index (κ2) is 8.36. The van der Waals surface area contributed by atoms with Gasteiger partial charge < -0.3 is 14.4 Å². The van der Waals surface area contributed by atoms with E-state index in [1.165, 1.54) is 6.07 Å². The lowest BCUT2D eigenvalue weighted by Gasteiger charge is -2.39. The molecule has 0 amide bonds. The van der Waals surface area contributed by atoms with Gasteiger partial charge in [0, 0.05) is 31.1 Å². The molecule has 162 valence electrons. The highest BCUT2D eigenvalue weighted by molar-refractivity contribution is 5.46. The van der Waals surface area contributed by atoms with Crippen LogP contribution in [0.4, 0.5) is 19.0 Å². The first-order valence-corrected chi connectivity index (χ1v) is 10.6. The summed E-state index contributed by atoms with van der Waals surface area (Å²) < 4.78 is 50.7. The van der Waals surface area contributed by atoms with Gasteiger partial charge in [0.05, 0.1) is 12.2 Å². The fourth-order valence-electron chi connectivity index (χ4n) is 4.52. The Bertz CT molecular complexity index is 856. The number of aromatic nitrogens is 1. The lowest BCUT2D eigenvalue weighted by Crippen LogP contribution is -2.46. The Kier molecular flexibility index (Phi) is 5.80. The Labute approximate surface area is 175 Å². The van der Waals surface area contributed by atoms with E-state index in [0.717, 1.165) is 61.4 Å². The molecule has 0 aliphatic carbocycles. The van der Waals surface area contributed by atoms with Crippen molar-refractivity contribution >= 4 is 5.82 Å². The van der Waals surface area contributed by atoms with E-state index in [9.17, 15) is 13.2 Å². The zero-order valence-corrected chi connectivity index (χ0v) is 17.3. The summed E-state index contributed by atoms with van der Waals surface area (Å²) in [5.41, 5.74) is 0.410. The van der Waals surface area contributed by atoms with Gasteiger partial charge in [0.15, 0.2) is 11.5 Å². The summed E-state index contributed by atoms with van der Waals surface area (Å²) in [6.45, 7) is 4.74. The minimum Gasteiger partial charge on any atom is -0.490 e. The summed E-state index contributed by atoms with van der Waals surface area (Å²) in [5, 5.41) is 0. The van der Waals surface area contributed by atoms with E-state index in [2.05, 4.69) is 16.8 Å². The van der Waals surface area contributed by atoms with Crippen molar-refractivity contribution in [1.29, 1.82) is 0 Å². The van der Waals surface area contributed by atoms with Gasteiger partial charge in [-0.1, -0.05) is 13.0 Å². The number of ether oxygens (including phenoxy) is 2. The van der Waals surface area contributed by atoms with Crippen LogP contribution >= 0.6 is 0 Å². The maximum absolute atomic E-state index is 12.8. The van der Waals surface area contributed by atoms with Crippen LogP contribution in [-0.4, -0.2) is 29.8 Å². The molecule has 1 aromatic heterocycles. The molecular weight excluding hydrogens is 393 g/mol. The molecule has 0 saturated carbocycles. The zero-order chi connectivity index (χ0) is 21.3. The molecule has 30 heavy (non-hydrogen) atoms. The van der Waals surface area contributed by atoms with Crippen molar-refractivity contribution in [3.05, 3.63) is 47.7 Å². The maximum atomic E-state index is 12.8. The van der Waals surface area contributed by atoms with Crippen LogP contribution in [0.5, 0.6) is 11.5 Å². The van der Waals surface area contributed by atoms with Gasteiger partial charge in [-0.3, -0.25) is 0 Å². The van der Waals surface area contributed by atoms with Crippen LogP contribution in [-0.2, 0) is 6.18 Å². The first-order chi connectivity index (χ1) is 14.3. The molecule has 2 fully saturated rings. The number of nitrogens with zero attached hydrogens (tertiary/aromatic N) is 2. The predicted molar refractivity (Wildman–Crippen MR) is 109 cm³/mol. The second-order valence-electron chi connectivity index (χ2n) is 8.21. The van der Waals surface area contributed by atoms with Crippen LogP contribution in [0.1, 0.15) is 50.2 Å². The molecule has 2 aromatic rings. The molecule has 2 bridgehead atoms. The van der Waals surface area contributed by atoms with Crippen LogP contribution in [0.15, 0.2) is 36.5 Å². The van der Waals surface area contributed by atoms with Gasteiger partial charge in [-0.2, -0.15) is 13.2 Å². The van der Waals surface area contributed by atoms with E-state index >= 15 is 0 Å². The highest BCUT2D eigenvalue weighted by Gasteiger charge is 2.42. The Hall–Kier alpha value is -2.44. The van der Waals surface area contributed by atoms with E-state index in [1.807, 2.05) is 25.1 Å². The van der Waals surface area contributed by atoms with Crippen LogP contribution in [0.3, 0.4) is 0 Å². The van der Waals surface area contributed by atoms with E-state index < -0.39 is 11.7 Å². The quantitative estimate of drug-likeness (QED) is 0.594. The number of pyridine rings is 1. The van der Waals surface area contributed by atoms with Gasteiger partial charge in [0.1, 0.15) is 11.9 Å². The van der Waals surface area contributed by atoms with Crippen LogP contribution in [0, 0.1) is 6.92 Å². The number of benzene rings is 1. The Morgan fingerprint density at radius 2 is 1.80 bits per heavy atom. The molecular formula is C23H27F3N2O2. The third-order valence-corrected chi connectivity index (χ3v) is 5.88. The number of halogens is 3. The number of aryl methyl sites for hydroxylation is 1. The average Bonchev–Trinajstić information content (AvgIpc) is 2.98. The Balaban J connectivity index is 1.46. The van der Waals surface area contributed by atoms with Crippen LogP contribution in [0.2, 0.25) is 0 Å². The normalized spacial score (nSPS) is 23.5. The summed E-state index contributed by atoms with van der Waals surface area (Å²) in [6.07, 6.45) is 1.19. The standard InChI is InChI=1S/C23H27F3N2O2/c1-3-10-29-21-11-15(2)4-8-20(21)30-19-12-17-6-7-18(13-19)28(17)22-9-5-16(14-27-22)23(24,25)26/h4-5,8-9,11,14,17-19H,3,6-7,10,12-13H2,1-2H3/t17-,18+,19?. The zero-order valence-electron chi connectivity index (χ0n) is 17.3. The highest BCUT2D eigenvalue weighted by atomic mass is 19.4. The number of piperidine rings is 1. The monoisotopic (exact) mass is 420 g/mol. The highest BCUT2D eigenvalue weighted by Crippen LogP contribution is 2.41. The Morgan fingerprint density at radius 1 is 1.07 bits per heavy atom. The molecule has 4 rings (SSSR count). The number of rotatable bonds is 6. The van der Waals surface area contributed by atoms with Crippen LogP contribution < -0.4 is 14.4 Å². The number of alkyl halides is 3. The minimum absolute atomic E-state index is 0.0554. The number of fused-ring (bicyclic) bond motifs is 2. The molecule has 1 unspecified atom stereocenters. The molecule has 0 spiro atoms. The molecule has 2 aliphatic rings. The minimum atomic E-state index is -4.36. The van der Waals surface area contributed by atoms with Gasteiger partial charge in [-0.25, -0.2) is 4.98 Å². The first kappa shape index (κ1) is 20.8. The molecule has 7 heteroatoms. The van der Waals surface area contributed by atoms with E-state index in [1.54, 1.807) is 0 Å². The number of hydrogen-bond acceptors (Lipinski definition) is 4. The molecule has 3 heterocycles. The first-order valence-electron chi connectivity index (χ1n) is 10.6. The van der Waals surface area contributed by atoms with Gasteiger partial charge in [-0.15, -0.1) is 0 Å². The molecule has 2 aliphatic heterocycles. The summed E-state index contributed by atoms with van der Waals surface area (Å²) >= 11 is 0. The van der Waals surface area contributed by atoms with Crippen LogP contribution in [0.25, 0.3) is 0 Å². The molecule has 4 nitrogen and oxygen atoms in total. The van der Waals surface area contributed by atoms with Gasteiger partial charge >= 0.3 is 6.18 Å². The molecule has 1 aromatic carbocycles. The lowest BCUT2D eigenvalue weighted by molar-refractivity contribution is -0.137. The van der Waals surface area contributed by atoms with Crippen molar-refractivity contribution in [2.24, 2.45) is 0 Å². The van der Waals surface area contributed by atoms with Gasteiger partial charge in [0.25, 0.3) is 0 Å². The predicted octanol–water partition coefficient (Wildman–Crippen LogP) is 5.78. The molecule has 2 saturated heterocycles. The van der Waals surface area contributed by atoms with E-state index in [0.29, 0.717) is 12.4 Å². The number of anilines is 1. The maximum Gasteiger partial charge on any atom is 0.417 e. The van der Waals surface area contributed by atoms with E-state index in [-0.39, 0.29) is 18.2 Å². The number of hydrogen-bond donors (Lipinski definition) is 0. The summed E-state index contributed by atoms with van der Waals surface area (Å²) in [7, 11) is 0. The van der Waals surface area contributed by atoms with Crippen molar-refractivity contribution in [1.82, 2.24) is 4.98 Å². The summed E-state index contributed by atoms with van der Waals surface area (Å²) in [4.78, 5) is 6.31. The topological polar surface area (TPSA) is 34.6 Å². The van der Waals surface area contributed by atoms with Crippen molar-refractivity contribution in [3.8, 4) is 11.5 Å². The fraction of sp³-hybridized carbons (Fsp3) is 0.522. The fourth-order valence-corrected chi connectivity index (χ4v) is 4.52. The van der Waals surface area contributed by atoms with Gasteiger partial charge in [-0.05, 0) is 56.0 Å². The van der Waals surface area contributed by atoms with Crippen molar-refractivity contribution < 1.29 is 22.6 Å². The summed E-state index contributed by atoms with van der Waals surface area (Å²) in [6, 6.07) is 9.04. The molecule has 3 atom stereocenters. The average molecular weight is 420 g/mol. The van der Waals surface area contributed by atoms with Crippen molar-refractivity contribution in [2.75, 3.05) is 11.5 Å². The van der Waals surface area contributed by atoms with Gasteiger partial charge in [0.2, 0.25) is 0 Å². The second-order valence-corrected chi connectivity index (χ2v) is 8.21. The van der Waals surface area contributed by atoms with Crippen molar-refractivity contribution in [2.45, 2.75) is 70.3 Å². The molecule has 0 N–H and O–H groups in total. The third kappa shape index (κ3) is 4.35. The van der Waals surface area contributed by atoms with Crippen molar-refractivity contribution in [3.63, 3.8) is 0 Å².